The van der Waals surface area contributed by atoms with Crippen LogP contribution in [0.2, 0.25) is 0 Å². The number of rotatable bonds is 5. The average Bonchev–Trinajstić information content (AvgIpc) is 2.84. The van der Waals surface area contributed by atoms with E-state index in [1.807, 2.05) is 43.9 Å². The lowest BCUT2D eigenvalue weighted by Gasteiger charge is -2.39. The summed E-state index contributed by atoms with van der Waals surface area (Å²) in [4.78, 5) is 27.1. The van der Waals surface area contributed by atoms with E-state index in [9.17, 15) is 9.59 Å². The molecule has 1 aromatic carbocycles. The number of ketones is 1. The van der Waals surface area contributed by atoms with Crippen LogP contribution in [0.5, 0.6) is 0 Å². The van der Waals surface area contributed by atoms with Gasteiger partial charge in [0.1, 0.15) is 11.4 Å². The second-order valence-corrected chi connectivity index (χ2v) is 8.75. The van der Waals surface area contributed by atoms with Gasteiger partial charge >= 0.3 is 6.09 Å². The van der Waals surface area contributed by atoms with Crippen LogP contribution in [0.1, 0.15) is 64.9 Å². The Morgan fingerprint density at radius 3 is 2.27 bits per heavy atom. The van der Waals surface area contributed by atoms with E-state index in [-0.39, 0.29) is 24.1 Å². The third-order valence-electron chi connectivity index (χ3n) is 5.52. The first-order valence-corrected chi connectivity index (χ1v) is 9.91. The fraction of sp³-hybridized carbons (Fsp3) is 0.636. The molecule has 2 aliphatic rings. The van der Waals surface area contributed by atoms with Crippen molar-refractivity contribution in [2.75, 3.05) is 0 Å². The summed E-state index contributed by atoms with van der Waals surface area (Å²) < 4.78 is 5.57. The summed E-state index contributed by atoms with van der Waals surface area (Å²) in [5, 5.41) is 0. The minimum Gasteiger partial charge on any atom is -0.444 e. The Kier molecular flexibility index (Phi) is 5.69. The number of amides is 1. The minimum atomic E-state index is -0.472. The predicted octanol–water partition coefficient (Wildman–Crippen LogP) is 4.76. The Hall–Kier alpha value is -1.84. The predicted molar refractivity (Wildman–Crippen MR) is 102 cm³/mol. The highest BCUT2D eigenvalue weighted by atomic mass is 16.6. The molecule has 2 bridgehead atoms. The highest BCUT2D eigenvalue weighted by molar-refractivity contribution is 5.81. The van der Waals surface area contributed by atoms with Crippen molar-refractivity contribution in [3.05, 3.63) is 35.9 Å². The fourth-order valence-electron chi connectivity index (χ4n) is 4.37. The van der Waals surface area contributed by atoms with Crippen molar-refractivity contribution < 1.29 is 14.3 Å². The zero-order chi connectivity index (χ0) is 18.7. The van der Waals surface area contributed by atoms with Crippen LogP contribution >= 0.6 is 0 Å². The van der Waals surface area contributed by atoms with Gasteiger partial charge in [0, 0.05) is 24.4 Å². The molecule has 26 heavy (non-hydrogen) atoms. The van der Waals surface area contributed by atoms with E-state index in [1.54, 1.807) is 0 Å². The summed E-state index contributed by atoms with van der Waals surface area (Å²) >= 11 is 0. The van der Waals surface area contributed by atoms with Crippen LogP contribution in [-0.4, -0.2) is 34.5 Å². The molecule has 4 heteroatoms. The number of nitrogens with zero attached hydrogens (tertiary/aromatic N) is 1. The largest absolute Gasteiger partial charge is 0.444 e. The van der Waals surface area contributed by atoms with Crippen LogP contribution in [-0.2, 0) is 16.0 Å². The fourth-order valence-corrected chi connectivity index (χ4v) is 4.37. The van der Waals surface area contributed by atoms with Crippen molar-refractivity contribution >= 4 is 11.9 Å². The molecule has 4 nitrogen and oxygen atoms in total. The molecule has 0 spiro atoms. The molecule has 0 N–H and O–H groups in total. The van der Waals surface area contributed by atoms with Crippen LogP contribution in [0.25, 0.3) is 0 Å². The van der Waals surface area contributed by atoms with E-state index in [2.05, 4.69) is 12.1 Å². The van der Waals surface area contributed by atoms with Crippen molar-refractivity contribution in [1.82, 2.24) is 4.90 Å². The van der Waals surface area contributed by atoms with E-state index in [0.717, 1.165) is 38.5 Å². The zero-order valence-corrected chi connectivity index (χ0v) is 16.2. The van der Waals surface area contributed by atoms with Gasteiger partial charge in [-0.15, -0.1) is 0 Å². The van der Waals surface area contributed by atoms with Crippen molar-refractivity contribution in [1.29, 1.82) is 0 Å². The van der Waals surface area contributed by atoms with Crippen LogP contribution in [0, 0.1) is 5.92 Å². The maximum absolute atomic E-state index is 12.7. The average molecular weight is 357 g/mol. The molecular formula is C22H31NO3. The molecule has 2 aliphatic heterocycles. The molecule has 2 heterocycles. The molecule has 0 aromatic heterocycles. The Balaban J connectivity index is 1.50. The van der Waals surface area contributed by atoms with Gasteiger partial charge in [0.25, 0.3) is 0 Å². The van der Waals surface area contributed by atoms with Gasteiger partial charge in [0.2, 0.25) is 0 Å². The first kappa shape index (κ1) is 18.9. The molecular weight excluding hydrogens is 326 g/mol. The lowest BCUT2D eigenvalue weighted by atomic mass is 9.85. The maximum atomic E-state index is 12.7. The molecule has 3 rings (SSSR count). The summed E-state index contributed by atoms with van der Waals surface area (Å²) in [6.07, 6.45) is 5.90. The van der Waals surface area contributed by atoms with E-state index < -0.39 is 5.60 Å². The van der Waals surface area contributed by atoms with E-state index in [0.29, 0.717) is 12.2 Å². The Bertz CT molecular complexity index is 621. The number of Topliss-reactive ketones (excluding diaryl/α,β-unsaturated/α-hetero) is 1. The molecule has 2 atom stereocenters. The topological polar surface area (TPSA) is 46.6 Å². The molecule has 0 aliphatic carbocycles. The van der Waals surface area contributed by atoms with Crippen LogP contribution in [0.4, 0.5) is 4.79 Å². The SMILES string of the molecule is CC(C)(C)OC(=O)N1C2CCC1CC(C(=O)CCCc1ccccc1)C2. The van der Waals surface area contributed by atoms with Crippen molar-refractivity contribution in [2.24, 2.45) is 5.92 Å². The standard InChI is InChI=1S/C22H31NO3/c1-22(2,3)26-21(25)23-18-12-13-19(23)15-17(14-18)20(24)11-7-10-16-8-5-4-6-9-16/h4-6,8-9,17-19H,7,10-15H2,1-3H3. The van der Waals surface area contributed by atoms with Gasteiger partial charge in [-0.2, -0.15) is 0 Å². The summed E-state index contributed by atoms with van der Waals surface area (Å²) in [7, 11) is 0. The van der Waals surface area contributed by atoms with Crippen molar-refractivity contribution in [3.8, 4) is 0 Å². The second-order valence-electron chi connectivity index (χ2n) is 8.75. The summed E-state index contributed by atoms with van der Waals surface area (Å²) in [5.41, 5.74) is 0.820. The van der Waals surface area contributed by atoms with Gasteiger partial charge in [-0.1, -0.05) is 30.3 Å². The number of hydrogen-bond donors (Lipinski definition) is 0. The van der Waals surface area contributed by atoms with Crippen LogP contribution < -0.4 is 0 Å². The molecule has 2 unspecified atom stereocenters. The lowest BCUT2D eigenvalue weighted by Crippen LogP contribution is -2.49. The highest BCUT2D eigenvalue weighted by Crippen LogP contribution is 2.40. The van der Waals surface area contributed by atoms with Crippen LogP contribution in [0.15, 0.2) is 30.3 Å². The summed E-state index contributed by atoms with van der Waals surface area (Å²) in [5.74, 6) is 0.489. The third kappa shape index (κ3) is 4.66. The number of piperidine rings is 1. The zero-order valence-electron chi connectivity index (χ0n) is 16.2. The number of carbonyl (C=O) groups excluding carboxylic acids is 2. The van der Waals surface area contributed by atoms with E-state index in [1.165, 1.54) is 5.56 Å². The molecule has 0 radical (unpaired) electrons. The summed E-state index contributed by atoms with van der Waals surface area (Å²) in [6, 6.07) is 10.7. The maximum Gasteiger partial charge on any atom is 0.410 e. The normalized spacial score (nSPS) is 25.2. The number of fused-ring (bicyclic) bond motifs is 2. The second kappa shape index (κ2) is 7.81. The molecule has 1 amide bonds. The lowest BCUT2D eigenvalue weighted by molar-refractivity contribution is -0.125. The van der Waals surface area contributed by atoms with Gasteiger partial charge in [-0.3, -0.25) is 4.79 Å². The smallest absolute Gasteiger partial charge is 0.410 e. The first-order chi connectivity index (χ1) is 12.3. The number of hydrogen-bond acceptors (Lipinski definition) is 3. The highest BCUT2D eigenvalue weighted by Gasteiger charge is 2.46. The van der Waals surface area contributed by atoms with Gasteiger partial charge in [0.05, 0.1) is 0 Å². The first-order valence-electron chi connectivity index (χ1n) is 9.91. The Morgan fingerprint density at radius 1 is 1.08 bits per heavy atom. The third-order valence-corrected chi connectivity index (χ3v) is 5.52. The van der Waals surface area contributed by atoms with E-state index in [4.69, 9.17) is 4.74 Å². The van der Waals surface area contributed by atoms with Gasteiger partial charge in [0.15, 0.2) is 0 Å². The molecule has 2 saturated heterocycles. The molecule has 1 aromatic rings. The van der Waals surface area contributed by atoms with Gasteiger partial charge < -0.3 is 9.64 Å². The van der Waals surface area contributed by atoms with Gasteiger partial charge in [-0.05, 0) is 64.9 Å². The number of aryl methyl sites for hydroxylation is 1. The molecule has 0 saturated carbocycles. The Morgan fingerprint density at radius 2 is 1.69 bits per heavy atom. The Labute approximate surface area is 156 Å². The van der Waals surface area contributed by atoms with E-state index >= 15 is 0 Å². The number of carbonyl (C=O) groups is 2. The van der Waals surface area contributed by atoms with Gasteiger partial charge in [-0.25, -0.2) is 4.79 Å². The monoisotopic (exact) mass is 357 g/mol. The van der Waals surface area contributed by atoms with Crippen molar-refractivity contribution in [3.63, 3.8) is 0 Å². The number of ether oxygens (including phenoxy) is 1. The molecule has 142 valence electrons. The quantitative estimate of drug-likeness (QED) is 0.763. The summed E-state index contributed by atoms with van der Waals surface area (Å²) in [6.45, 7) is 5.70. The minimum absolute atomic E-state index is 0.113. The van der Waals surface area contributed by atoms with Crippen molar-refractivity contribution in [2.45, 2.75) is 83.4 Å². The molecule has 2 fully saturated rings. The van der Waals surface area contributed by atoms with Crippen LogP contribution in [0.3, 0.4) is 0 Å². The number of benzene rings is 1.